The standard InChI is InChI=1S/C24H22BrNO5/c1-29-24(28)22-20(21-17(27)8-5-9-19(21)31-23(22)26)16-12-15(25)10-11-18(16)30-13-14-6-3-2-4-7-14/h2-4,6-7,10-12,20H,5,8-9,13,26H2,1H3/t20-/m1/s1. The van der Waals surface area contributed by atoms with Gasteiger partial charge in [-0.05, 0) is 30.2 Å². The first-order valence-corrected chi connectivity index (χ1v) is 10.8. The second-order valence-corrected chi connectivity index (χ2v) is 8.29. The zero-order valence-corrected chi connectivity index (χ0v) is 18.6. The van der Waals surface area contributed by atoms with Crippen LogP contribution >= 0.6 is 15.9 Å². The van der Waals surface area contributed by atoms with E-state index in [1.165, 1.54) is 7.11 Å². The first-order chi connectivity index (χ1) is 15.0. The van der Waals surface area contributed by atoms with Crippen LogP contribution in [0.15, 0.2) is 75.8 Å². The van der Waals surface area contributed by atoms with Crippen molar-refractivity contribution in [3.8, 4) is 5.75 Å². The lowest BCUT2D eigenvalue weighted by atomic mass is 9.77. The molecule has 1 atom stereocenters. The number of carbonyl (C=O) groups excluding carboxylic acids is 2. The van der Waals surface area contributed by atoms with Gasteiger partial charge in [0.2, 0.25) is 5.88 Å². The summed E-state index contributed by atoms with van der Waals surface area (Å²) < 4.78 is 17.6. The second kappa shape index (κ2) is 8.98. The zero-order valence-electron chi connectivity index (χ0n) is 17.0. The van der Waals surface area contributed by atoms with Gasteiger partial charge in [-0.15, -0.1) is 0 Å². The fraction of sp³-hybridized carbons (Fsp3) is 0.250. The quantitative estimate of drug-likeness (QED) is 0.630. The molecule has 1 aliphatic carbocycles. The maximum absolute atomic E-state index is 12.9. The third-order valence-electron chi connectivity index (χ3n) is 5.41. The van der Waals surface area contributed by atoms with Crippen molar-refractivity contribution in [1.29, 1.82) is 0 Å². The largest absolute Gasteiger partial charge is 0.489 e. The molecule has 2 aromatic rings. The monoisotopic (exact) mass is 483 g/mol. The molecule has 0 fully saturated rings. The Bertz CT molecular complexity index is 1090. The minimum Gasteiger partial charge on any atom is -0.489 e. The van der Waals surface area contributed by atoms with Gasteiger partial charge in [0.1, 0.15) is 23.7 Å². The number of ketones is 1. The minimum atomic E-state index is -0.729. The van der Waals surface area contributed by atoms with Crippen molar-refractivity contribution in [2.45, 2.75) is 31.8 Å². The van der Waals surface area contributed by atoms with Crippen LogP contribution in [0.5, 0.6) is 5.75 Å². The van der Waals surface area contributed by atoms with Gasteiger partial charge in [-0.25, -0.2) is 4.79 Å². The summed E-state index contributed by atoms with van der Waals surface area (Å²) >= 11 is 3.50. The lowest BCUT2D eigenvalue weighted by Crippen LogP contribution is -2.31. The van der Waals surface area contributed by atoms with Crippen molar-refractivity contribution in [1.82, 2.24) is 0 Å². The average Bonchev–Trinajstić information content (AvgIpc) is 2.77. The van der Waals surface area contributed by atoms with Gasteiger partial charge in [-0.2, -0.15) is 0 Å². The fourth-order valence-electron chi connectivity index (χ4n) is 3.99. The van der Waals surface area contributed by atoms with E-state index < -0.39 is 11.9 Å². The molecule has 7 heteroatoms. The first-order valence-electron chi connectivity index (χ1n) is 9.97. The Hall–Kier alpha value is -3.06. The van der Waals surface area contributed by atoms with E-state index in [2.05, 4.69) is 15.9 Å². The molecule has 0 unspecified atom stereocenters. The molecule has 4 rings (SSSR count). The zero-order chi connectivity index (χ0) is 22.0. The van der Waals surface area contributed by atoms with E-state index in [0.29, 0.717) is 48.5 Å². The van der Waals surface area contributed by atoms with Gasteiger partial charge in [-0.1, -0.05) is 46.3 Å². The predicted molar refractivity (Wildman–Crippen MR) is 118 cm³/mol. The number of nitrogens with two attached hydrogens (primary N) is 1. The SMILES string of the molecule is COC(=O)C1=C(N)OC2=C(C(=O)CCC2)[C@H]1c1cc(Br)ccc1OCc1ccccc1. The number of Topliss-reactive ketones (excluding diaryl/α,β-unsaturated/α-hetero) is 1. The fourth-order valence-corrected chi connectivity index (χ4v) is 4.37. The van der Waals surface area contributed by atoms with Gasteiger partial charge in [0.25, 0.3) is 0 Å². The number of methoxy groups -OCH3 is 1. The summed E-state index contributed by atoms with van der Waals surface area (Å²) in [6.07, 6.45) is 1.66. The van der Waals surface area contributed by atoms with Crippen molar-refractivity contribution in [3.05, 3.63) is 86.9 Å². The summed E-state index contributed by atoms with van der Waals surface area (Å²) in [6, 6.07) is 15.3. The molecule has 0 spiro atoms. The Morgan fingerprint density at radius 2 is 1.97 bits per heavy atom. The van der Waals surface area contributed by atoms with E-state index >= 15 is 0 Å². The highest BCUT2D eigenvalue weighted by Crippen LogP contribution is 2.47. The predicted octanol–water partition coefficient (Wildman–Crippen LogP) is 4.49. The van der Waals surface area contributed by atoms with Gasteiger partial charge in [-0.3, -0.25) is 4.79 Å². The number of rotatable bonds is 5. The van der Waals surface area contributed by atoms with E-state index in [-0.39, 0.29) is 17.2 Å². The van der Waals surface area contributed by atoms with Crippen molar-refractivity contribution >= 4 is 27.7 Å². The maximum atomic E-state index is 12.9. The van der Waals surface area contributed by atoms with Crippen LogP contribution in [0.2, 0.25) is 0 Å². The van der Waals surface area contributed by atoms with Gasteiger partial charge < -0.3 is 19.9 Å². The molecule has 2 aliphatic rings. The highest BCUT2D eigenvalue weighted by molar-refractivity contribution is 9.10. The Morgan fingerprint density at radius 3 is 2.71 bits per heavy atom. The number of allylic oxidation sites excluding steroid dienone is 2. The van der Waals surface area contributed by atoms with Crippen molar-refractivity contribution in [2.75, 3.05) is 7.11 Å². The summed E-state index contributed by atoms with van der Waals surface area (Å²) in [5.41, 5.74) is 8.36. The third-order valence-corrected chi connectivity index (χ3v) is 5.90. The number of carbonyl (C=O) groups is 2. The van der Waals surface area contributed by atoms with Crippen molar-refractivity contribution in [2.24, 2.45) is 5.73 Å². The summed E-state index contributed by atoms with van der Waals surface area (Å²) in [7, 11) is 1.28. The molecule has 2 N–H and O–H groups in total. The molecule has 2 aromatic carbocycles. The highest BCUT2D eigenvalue weighted by atomic mass is 79.9. The molecule has 6 nitrogen and oxygen atoms in total. The van der Waals surface area contributed by atoms with Crippen LogP contribution < -0.4 is 10.5 Å². The van der Waals surface area contributed by atoms with Gasteiger partial charge >= 0.3 is 5.97 Å². The van der Waals surface area contributed by atoms with Crippen LogP contribution in [0.4, 0.5) is 0 Å². The molecule has 0 saturated carbocycles. The Labute approximate surface area is 188 Å². The number of benzene rings is 2. The minimum absolute atomic E-state index is 0.0423. The summed E-state index contributed by atoms with van der Waals surface area (Å²) in [5, 5.41) is 0. The molecule has 31 heavy (non-hydrogen) atoms. The van der Waals surface area contributed by atoms with E-state index in [1.54, 1.807) is 0 Å². The van der Waals surface area contributed by atoms with Crippen molar-refractivity contribution in [3.63, 3.8) is 0 Å². The molecule has 0 aromatic heterocycles. The van der Waals surface area contributed by atoms with E-state index in [4.69, 9.17) is 19.9 Å². The lowest BCUT2D eigenvalue weighted by Gasteiger charge is -2.33. The van der Waals surface area contributed by atoms with Crippen LogP contribution in [0.3, 0.4) is 0 Å². The molecular weight excluding hydrogens is 462 g/mol. The molecule has 160 valence electrons. The molecular formula is C24H22BrNO5. The molecule has 1 aliphatic heterocycles. The summed E-state index contributed by atoms with van der Waals surface area (Å²) in [6.45, 7) is 0.339. The van der Waals surface area contributed by atoms with Gasteiger partial charge in [0.05, 0.1) is 13.0 Å². The molecule has 1 heterocycles. The highest BCUT2D eigenvalue weighted by Gasteiger charge is 2.42. The number of hydrogen-bond donors (Lipinski definition) is 1. The number of hydrogen-bond acceptors (Lipinski definition) is 6. The Balaban J connectivity index is 1.83. The second-order valence-electron chi connectivity index (χ2n) is 7.37. The molecule has 0 radical (unpaired) electrons. The number of halogens is 1. The van der Waals surface area contributed by atoms with Crippen LogP contribution in [0.25, 0.3) is 0 Å². The van der Waals surface area contributed by atoms with E-state index in [9.17, 15) is 9.59 Å². The van der Waals surface area contributed by atoms with Gasteiger partial charge in [0, 0.05) is 28.5 Å². The van der Waals surface area contributed by atoms with E-state index in [1.807, 2.05) is 48.5 Å². The van der Waals surface area contributed by atoms with Crippen LogP contribution in [-0.4, -0.2) is 18.9 Å². The summed E-state index contributed by atoms with van der Waals surface area (Å²) in [5.74, 6) is -0.402. The Kier molecular flexibility index (Phi) is 6.13. The number of esters is 1. The average molecular weight is 484 g/mol. The van der Waals surface area contributed by atoms with Gasteiger partial charge in [0.15, 0.2) is 5.78 Å². The molecule has 0 amide bonds. The summed E-state index contributed by atoms with van der Waals surface area (Å²) in [4.78, 5) is 25.6. The smallest absolute Gasteiger partial charge is 0.340 e. The van der Waals surface area contributed by atoms with Crippen LogP contribution in [0.1, 0.15) is 36.3 Å². The number of ether oxygens (including phenoxy) is 3. The maximum Gasteiger partial charge on any atom is 0.340 e. The molecule has 0 bridgehead atoms. The van der Waals surface area contributed by atoms with Crippen molar-refractivity contribution < 1.29 is 23.8 Å². The van der Waals surface area contributed by atoms with Crippen LogP contribution in [0, 0.1) is 0 Å². The topological polar surface area (TPSA) is 87.9 Å². The molecule has 0 saturated heterocycles. The first kappa shape index (κ1) is 21.2. The Morgan fingerprint density at radius 1 is 1.19 bits per heavy atom. The normalized spacial score (nSPS) is 18.4. The lowest BCUT2D eigenvalue weighted by molar-refractivity contribution is -0.136. The van der Waals surface area contributed by atoms with E-state index in [0.717, 1.165) is 10.0 Å². The third kappa shape index (κ3) is 4.23. The van der Waals surface area contributed by atoms with Crippen LogP contribution in [-0.2, 0) is 25.7 Å².